The quantitative estimate of drug-likeness (QED) is 0.733. The Kier molecular flexibility index (Phi) is 2.30. The highest BCUT2D eigenvalue weighted by molar-refractivity contribution is 5.46. The molecule has 2 heterocycles. The van der Waals surface area contributed by atoms with Gasteiger partial charge in [-0.3, -0.25) is 0 Å². The molecule has 0 radical (unpaired) electrons. The SMILES string of the molecule is N#Cc1c(N)nc2n1CCC(C(F)(F)F)C2. The van der Waals surface area contributed by atoms with Crippen molar-refractivity contribution in [2.24, 2.45) is 5.92 Å². The molecule has 0 aromatic carbocycles. The van der Waals surface area contributed by atoms with E-state index in [2.05, 4.69) is 4.98 Å². The summed E-state index contributed by atoms with van der Waals surface area (Å²) >= 11 is 0. The fourth-order valence-corrected chi connectivity index (χ4v) is 1.92. The van der Waals surface area contributed by atoms with E-state index in [9.17, 15) is 13.2 Å². The highest BCUT2D eigenvalue weighted by Gasteiger charge is 2.42. The van der Waals surface area contributed by atoms with Crippen LogP contribution in [0.15, 0.2) is 0 Å². The molecule has 0 amide bonds. The van der Waals surface area contributed by atoms with Gasteiger partial charge in [-0.2, -0.15) is 18.4 Å². The molecular formula is C9H9F3N4. The molecule has 86 valence electrons. The molecule has 2 rings (SSSR count). The molecule has 0 saturated carbocycles. The number of nitrogen functional groups attached to an aromatic ring is 1. The van der Waals surface area contributed by atoms with Gasteiger partial charge in [0.05, 0.1) is 5.92 Å². The molecule has 1 unspecified atom stereocenters. The number of rotatable bonds is 0. The van der Waals surface area contributed by atoms with Gasteiger partial charge in [0.2, 0.25) is 0 Å². The number of hydrogen-bond acceptors (Lipinski definition) is 3. The van der Waals surface area contributed by atoms with Crippen LogP contribution in [0.25, 0.3) is 0 Å². The first-order chi connectivity index (χ1) is 7.43. The molecule has 0 bridgehead atoms. The minimum Gasteiger partial charge on any atom is -0.381 e. The molecule has 4 nitrogen and oxygen atoms in total. The van der Waals surface area contributed by atoms with E-state index in [0.717, 1.165) is 0 Å². The molecule has 7 heteroatoms. The minimum absolute atomic E-state index is 0.0142. The van der Waals surface area contributed by atoms with E-state index < -0.39 is 12.1 Å². The Bertz CT molecular complexity index is 455. The third kappa shape index (κ3) is 1.60. The summed E-state index contributed by atoms with van der Waals surface area (Å²) in [4.78, 5) is 3.80. The molecule has 0 saturated heterocycles. The van der Waals surface area contributed by atoms with E-state index in [1.807, 2.05) is 6.07 Å². The summed E-state index contributed by atoms with van der Waals surface area (Å²) in [7, 11) is 0. The fourth-order valence-electron chi connectivity index (χ4n) is 1.92. The maximum Gasteiger partial charge on any atom is 0.392 e. The Morgan fingerprint density at radius 1 is 1.50 bits per heavy atom. The van der Waals surface area contributed by atoms with Crippen molar-refractivity contribution in [1.82, 2.24) is 9.55 Å². The van der Waals surface area contributed by atoms with Gasteiger partial charge < -0.3 is 10.3 Å². The first-order valence-electron chi connectivity index (χ1n) is 4.75. The Morgan fingerprint density at radius 3 is 2.75 bits per heavy atom. The summed E-state index contributed by atoms with van der Waals surface area (Å²) in [5, 5.41) is 8.78. The lowest BCUT2D eigenvalue weighted by molar-refractivity contribution is -0.179. The summed E-state index contributed by atoms with van der Waals surface area (Å²) in [6.07, 6.45) is -4.44. The van der Waals surface area contributed by atoms with Gasteiger partial charge in [0.15, 0.2) is 11.5 Å². The van der Waals surface area contributed by atoms with Gasteiger partial charge in [-0.15, -0.1) is 0 Å². The van der Waals surface area contributed by atoms with Crippen molar-refractivity contribution in [2.75, 3.05) is 5.73 Å². The van der Waals surface area contributed by atoms with Crippen molar-refractivity contribution in [3.8, 4) is 6.07 Å². The van der Waals surface area contributed by atoms with E-state index in [1.165, 1.54) is 4.57 Å². The number of fused-ring (bicyclic) bond motifs is 1. The van der Waals surface area contributed by atoms with E-state index in [4.69, 9.17) is 11.0 Å². The minimum atomic E-state index is -4.21. The lowest BCUT2D eigenvalue weighted by atomic mass is 9.97. The van der Waals surface area contributed by atoms with Crippen LogP contribution < -0.4 is 5.73 Å². The normalized spacial score (nSPS) is 20.2. The lowest BCUT2D eigenvalue weighted by Gasteiger charge is -2.25. The molecule has 1 atom stereocenters. The Morgan fingerprint density at radius 2 is 2.19 bits per heavy atom. The van der Waals surface area contributed by atoms with Crippen LogP contribution in [0.1, 0.15) is 17.9 Å². The number of alkyl halides is 3. The van der Waals surface area contributed by atoms with Crippen LogP contribution in [-0.4, -0.2) is 15.7 Å². The standard InChI is InChI=1S/C9H9F3N4/c10-9(11,12)5-1-2-16-6(4-13)8(14)15-7(16)3-5/h5H,1-3,14H2. The van der Waals surface area contributed by atoms with E-state index >= 15 is 0 Å². The first-order valence-corrected chi connectivity index (χ1v) is 4.75. The topological polar surface area (TPSA) is 67.6 Å². The fraction of sp³-hybridized carbons (Fsp3) is 0.556. The zero-order valence-corrected chi connectivity index (χ0v) is 8.25. The van der Waals surface area contributed by atoms with Crippen molar-refractivity contribution in [3.05, 3.63) is 11.5 Å². The number of aromatic nitrogens is 2. The van der Waals surface area contributed by atoms with Crippen LogP contribution in [0, 0.1) is 17.2 Å². The second kappa shape index (κ2) is 3.40. The van der Waals surface area contributed by atoms with Gasteiger partial charge in [0, 0.05) is 13.0 Å². The smallest absolute Gasteiger partial charge is 0.381 e. The van der Waals surface area contributed by atoms with Crippen molar-refractivity contribution >= 4 is 5.82 Å². The molecule has 0 fully saturated rings. The third-order valence-corrected chi connectivity index (χ3v) is 2.77. The number of nitrogens with two attached hydrogens (primary N) is 1. The van der Waals surface area contributed by atoms with Gasteiger partial charge >= 0.3 is 6.18 Å². The summed E-state index contributed by atoms with van der Waals surface area (Å²) < 4.78 is 38.9. The van der Waals surface area contributed by atoms with Crippen LogP contribution in [0.5, 0.6) is 0 Å². The maximum absolute atomic E-state index is 12.5. The third-order valence-electron chi connectivity index (χ3n) is 2.77. The Balaban J connectivity index is 2.33. The predicted molar refractivity (Wildman–Crippen MR) is 49.2 cm³/mol. The van der Waals surface area contributed by atoms with Gasteiger partial charge in [-0.05, 0) is 6.42 Å². The largest absolute Gasteiger partial charge is 0.392 e. The van der Waals surface area contributed by atoms with Gasteiger partial charge in [0.1, 0.15) is 11.9 Å². The molecular weight excluding hydrogens is 221 g/mol. The van der Waals surface area contributed by atoms with Crippen molar-refractivity contribution in [1.29, 1.82) is 5.26 Å². The monoisotopic (exact) mass is 230 g/mol. The Hall–Kier alpha value is -1.71. The van der Waals surface area contributed by atoms with Crippen molar-refractivity contribution in [3.63, 3.8) is 0 Å². The number of nitrogens with zero attached hydrogens (tertiary/aromatic N) is 3. The zero-order valence-electron chi connectivity index (χ0n) is 8.25. The predicted octanol–water partition coefficient (Wildman–Crippen LogP) is 1.46. The van der Waals surface area contributed by atoms with Crippen molar-refractivity contribution < 1.29 is 13.2 Å². The van der Waals surface area contributed by atoms with Crippen LogP contribution in [0.2, 0.25) is 0 Å². The zero-order chi connectivity index (χ0) is 11.9. The van der Waals surface area contributed by atoms with Crippen molar-refractivity contribution in [2.45, 2.75) is 25.6 Å². The van der Waals surface area contributed by atoms with Crippen LogP contribution in [-0.2, 0) is 13.0 Å². The van der Waals surface area contributed by atoms with Crippen LogP contribution in [0.4, 0.5) is 19.0 Å². The highest BCUT2D eigenvalue weighted by Crippen LogP contribution is 2.35. The average Bonchev–Trinajstić information content (AvgIpc) is 2.50. The van der Waals surface area contributed by atoms with E-state index in [-0.39, 0.29) is 36.7 Å². The summed E-state index contributed by atoms with van der Waals surface area (Å²) in [6, 6.07) is 1.85. The number of nitriles is 1. The molecule has 0 aliphatic carbocycles. The van der Waals surface area contributed by atoms with E-state index in [0.29, 0.717) is 0 Å². The highest BCUT2D eigenvalue weighted by atomic mass is 19.4. The number of imidazole rings is 1. The first kappa shape index (κ1) is 10.8. The lowest BCUT2D eigenvalue weighted by Crippen LogP contribution is -2.31. The molecule has 1 aromatic heterocycles. The maximum atomic E-state index is 12.5. The summed E-state index contributed by atoms with van der Waals surface area (Å²) in [6.45, 7) is 0.145. The Labute approximate surface area is 89.5 Å². The summed E-state index contributed by atoms with van der Waals surface area (Å²) in [5.41, 5.74) is 5.61. The molecule has 1 aromatic rings. The molecule has 2 N–H and O–H groups in total. The number of halogens is 3. The van der Waals surface area contributed by atoms with E-state index in [1.54, 1.807) is 0 Å². The van der Waals surface area contributed by atoms with Gasteiger partial charge in [-0.1, -0.05) is 0 Å². The molecule has 16 heavy (non-hydrogen) atoms. The average molecular weight is 230 g/mol. The number of anilines is 1. The van der Waals surface area contributed by atoms with Crippen LogP contribution in [0.3, 0.4) is 0 Å². The summed E-state index contributed by atoms with van der Waals surface area (Å²) in [5.74, 6) is -1.11. The molecule has 1 aliphatic heterocycles. The molecule has 0 spiro atoms. The second-order valence-electron chi connectivity index (χ2n) is 3.76. The van der Waals surface area contributed by atoms with Gasteiger partial charge in [0.25, 0.3) is 0 Å². The van der Waals surface area contributed by atoms with Gasteiger partial charge in [-0.25, -0.2) is 4.98 Å². The number of hydrogen-bond donors (Lipinski definition) is 1. The van der Waals surface area contributed by atoms with Crippen LogP contribution >= 0.6 is 0 Å². The molecule has 1 aliphatic rings. The second-order valence-corrected chi connectivity index (χ2v) is 3.76.